The first-order chi connectivity index (χ1) is 16.2. The Labute approximate surface area is 198 Å². The van der Waals surface area contributed by atoms with Crippen molar-refractivity contribution in [3.8, 4) is 11.5 Å². The van der Waals surface area contributed by atoms with Gasteiger partial charge in [-0.2, -0.15) is 5.10 Å². The summed E-state index contributed by atoms with van der Waals surface area (Å²) in [6, 6.07) is 17.7. The first kappa shape index (κ1) is 23.3. The van der Waals surface area contributed by atoms with Crippen molar-refractivity contribution in [2.45, 2.75) is 20.4 Å². The van der Waals surface area contributed by atoms with E-state index in [0.717, 1.165) is 22.3 Å². The maximum Gasteiger partial charge on any atom is 0.271 e. The summed E-state index contributed by atoms with van der Waals surface area (Å²) in [5, 5.41) is 3.99. The van der Waals surface area contributed by atoms with E-state index in [0.29, 0.717) is 22.7 Å². The summed E-state index contributed by atoms with van der Waals surface area (Å²) in [6.45, 7) is 4.27. The molecule has 0 spiro atoms. The minimum atomic E-state index is -3.50. The number of carbonyl (C=O) groups excluding carboxylic acids is 1. The summed E-state index contributed by atoms with van der Waals surface area (Å²) in [7, 11) is -3.50. The SMILES string of the molecule is Cc1ccc(N(Cc2ccc(C(=O)N/N=C/c3ccc4c(c3)OCO4)cc2)S(C)(=O)=O)cc1C. The molecule has 1 N–H and O–H groups in total. The van der Waals surface area contributed by atoms with Crippen molar-refractivity contribution in [2.24, 2.45) is 5.10 Å². The van der Waals surface area contributed by atoms with Gasteiger partial charge in [-0.15, -0.1) is 0 Å². The van der Waals surface area contributed by atoms with Gasteiger partial charge in [-0.3, -0.25) is 9.10 Å². The number of hydrogen-bond donors (Lipinski definition) is 1. The van der Waals surface area contributed by atoms with Crippen molar-refractivity contribution in [2.75, 3.05) is 17.4 Å². The van der Waals surface area contributed by atoms with Crippen molar-refractivity contribution in [3.05, 3.63) is 88.5 Å². The van der Waals surface area contributed by atoms with Crippen molar-refractivity contribution in [3.63, 3.8) is 0 Å². The fourth-order valence-electron chi connectivity index (χ4n) is 3.43. The molecule has 1 heterocycles. The molecule has 4 rings (SSSR count). The Kier molecular flexibility index (Phi) is 6.56. The molecule has 0 aliphatic carbocycles. The Morgan fingerprint density at radius 3 is 2.44 bits per heavy atom. The number of amides is 1. The zero-order chi connectivity index (χ0) is 24.3. The number of sulfonamides is 1. The highest BCUT2D eigenvalue weighted by Crippen LogP contribution is 2.32. The summed E-state index contributed by atoms with van der Waals surface area (Å²) >= 11 is 0. The largest absolute Gasteiger partial charge is 0.454 e. The summed E-state index contributed by atoms with van der Waals surface area (Å²) in [5.74, 6) is 0.931. The third kappa shape index (κ3) is 5.37. The van der Waals surface area contributed by atoms with E-state index in [1.165, 1.54) is 16.8 Å². The van der Waals surface area contributed by atoms with Crippen LogP contribution in [0.3, 0.4) is 0 Å². The number of fused-ring (bicyclic) bond motifs is 1. The van der Waals surface area contributed by atoms with Gasteiger partial charge in [0.05, 0.1) is 24.7 Å². The molecule has 0 saturated heterocycles. The molecule has 3 aromatic carbocycles. The van der Waals surface area contributed by atoms with Gasteiger partial charge in [-0.25, -0.2) is 13.8 Å². The van der Waals surface area contributed by atoms with E-state index in [2.05, 4.69) is 10.5 Å². The van der Waals surface area contributed by atoms with Crippen LogP contribution in [0.1, 0.15) is 32.6 Å². The molecule has 0 aromatic heterocycles. The van der Waals surface area contributed by atoms with Gasteiger partial charge in [0.15, 0.2) is 11.5 Å². The number of rotatable bonds is 7. The molecular formula is C25H25N3O5S. The fourth-order valence-corrected chi connectivity index (χ4v) is 4.31. The standard InChI is InChI=1S/C25H25N3O5S/c1-17-4-10-22(12-18(17)2)28(34(3,30)31)15-19-5-8-21(9-6-19)25(29)27-26-14-20-7-11-23-24(13-20)33-16-32-23/h4-14H,15-16H2,1-3H3,(H,27,29)/b26-14+. The number of anilines is 1. The van der Waals surface area contributed by atoms with Crippen molar-refractivity contribution >= 4 is 27.8 Å². The van der Waals surface area contributed by atoms with Crippen LogP contribution in [0.25, 0.3) is 0 Å². The molecule has 8 nitrogen and oxygen atoms in total. The van der Waals surface area contributed by atoms with Crippen LogP contribution in [0.4, 0.5) is 5.69 Å². The Bertz CT molecular complexity index is 1350. The number of nitrogens with one attached hydrogen (secondary N) is 1. The summed E-state index contributed by atoms with van der Waals surface area (Å²) in [5.41, 5.74) is 7.11. The first-order valence-electron chi connectivity index (χ1n) is 10.6. The van der Waals surface area contributed by atoms with Crippen LogP contribution in [-0.4, -0.2) is 33.6 Å². The average Bonchev–Trinajstić information content (AvgIpc) is 3.27. The summed E-state index contributed by atoms with van der Waals surface area (Å²) in [4.78, 5) is 12.4. The number of benzene rings is 3. The number of carbonyl (C=O) groups is 1. The quantitative estimate of drug-likeness (QED) is 0.411. The molecule has 0 unspecified atom stereocenters. The minimum absolute atomic E-state index is 0.158. The van der Waals surface area contributed by atoms with E-state index < -0.39 is 10.0 Å². The highest BCUT2D eigenvalue weighted by molar-refractivity contribution is 7.92. The van der Waals surface area contributed by atoms with E-state index in [9.17, 15) is 13.2 Å². The van der Waals surface area contributed by atoms with Gasteiger partial charge < -0.3 is 9.47 Å². The molecule has 0 saturated carbocycles. The molecular weight excluding hydrogens is 454 g/mol. The van der Waals surface area contributed by atoms with Gasteiger partial charge in [0.1, 0.15) is 0 Å². The second-order valence-electron chi connectivity index (χ2n) is 8.05. The lowest BCUT2D eigenvalue weighted by molar-refractivity contribution is 0.0955. The second-order valence-corrected chi connectivity index (χ2v) is 9.95. The predicted octanol–water partition coefficient (Wildman–Crippen LogP) is 3.76. The van der Waals surface area contributed by atoms with Gasteiger partial charge in [-0.05, 0) is 78.6 Å². The first-order valence-corrected chi connectivity index (χ1v) is 12.4. The fraction of sp³-hybridized carbons (Fsp3) is 0.200. The number of hydrazone groups is 1. The van der Waals surface area contributed by atoms with Gasteiger partial charge >= 0.3 is 0 Å². The monoisotopic (exact) mass is 479 g/mol. The lowest BCUT2D eigenvalue weighted by Gasteiger charge is -2.23. The topological polar surface area (TPSA) is 97.3 Å². The predicted molar refractivity (Wildman–Crippen MR) is 131 cm³/mol. The van der Waals surface area contributed by atoms with E-state index in [1.54, 1.807) is 48.5 Å². The van der Waals surface area contributed by atoms with Crippen molar-refractivity contribution in [1.29, 1.82) is 0 Å². The third-order valence-electron chi connectivity index (χ3n) is 5.50. The zero-order valence-corrected chi connectivity index (χ0v) is 19.9. The van der Waals surface area contributed by atoms with Crippen LogP contribution in [-0.2, 0) is 16.6 Å². The number of hydrogen-bond acceptors (Lipinski definition) is 6. The number of ether oxygens (including phenoxy) is 2. The lowest BCUT2D eigenvalue weighted by atomic mass is 10.1. The maximum atomic E-state index is 12.4. The maximum absolute atomic E-state index is 12.4. The molecule has 1 aliphatic heterocycles. The molecule has 0 radical (unpaired) electrons. The number of aryl methyl sites for hydroxylation is 2. The lowest BCUT2D eigenvalue weighted by Crippen LogP contribution is -2.29. The molecule has 1 aliphatic rings. The molecule has 0 fully saturated rings. The normalized spacial score (nSPS) is 12.7. The van der Waals surface area contributed by atoms with Crippen LogP contribution in [0, 0.1) is 13.8 Å². The summed E-state index contributed by atoms with van der Waals surface area (Å²) in [6.07, 6.45) is 2.70. The van der Waals surface area contributed by atoms with Crippen LogP contribution in [0.2, 0.25) is 0 Å². The minimum Gasteiger partial charge on any atom is -0.454 e. The summed E-state index contributed by atoms with van der Waals surface area (Å²) < 4.78 is 36.8. The highest BCUT2D eigenvalue weighted by atomic mass is 32.2. The van der Waals surface area contributed by atoms with Gasteiger partial charge in [0, 0.05) is 5.56 Å². The van der Waals surface area contributed by atoms with Gasteiger partial charge in [-0.1, -0.05) is 18.2 Å². The molecule has 9 heteroatoms. The third-order valence-corrected chi connectivity index (χ3v) is 6.64. The van der Waals surface area contributed by atoms with Gasteiger partial charge in [0.2, 0.25) is 16.8 Å². The molecule has 34 heavy (non-hydrogen) atoms. The average molecular weight is 480 g/mol. The smallest absolute Gasteiger partial charge is 0.271 e. The Hall–Kier alpha value is -3.85. The number of nitrogens with zero attached hydrogens (tertiary/aromatic N) is 2. The molecule has 0 bridgehead atoms. The Morgan fingerprint density at radius 1 is 1.00 bits per heavy atom. The zero-order valence-electron chi connectivity index (χ0n) is 19.1. The molecule has 1 amide bonds. The van der Waals surface area contributed by atoms with Crippen LogP contribution >= 0.6 is 0 Å². The van der Waals surface area contributed by atoms with E-state index in [1.807, 2.05) is 26.0 Å². The highest BCUT2D eigenvalue weighted by Gasteiger charge is 2.19. The van der Waals surface area contributed by atoms with Crippen molar-refractivity contribution < 1.29 is 22.7 Å². The van der Waals surface area contributed by atoms with Crippen molar-refractivity contribution in [1.82, 2.24) is 5.43 Å². The Balaban J connectivity index is 1.42. The van der Waals surface area contributed by atoms with Crippen LogP contribution in [0.15, 0.2) is 65.8 Å². The molecule has 0 atom stereocenters. The molecule has 176 valence electrons. The van der Waals surface area contributed by atoms with Gasteiger partial charge in [0.25, 0.3) is 5.91 Å². The van der Waals surface area contributed by atoms with Crippen LogP contribution in [0.5, 0.6) is 11.5 Å². The Morgan fingerprint density at radius 2 is 1.74 bits per heavy atom. The molecule has 3 aromatic rings. The van der Waals surface area contributed by atoms with E-state index in [-0.39, 0.29) is 19.2 Å². The van der Waals surface area contributed by atoms with E-state index in [4.69, 9.17) is 9.47 Å². The van der Waals surface area contributed by atoms with Crippen LogP contribution < -0.4 is 19.2 Å². The van der Waals surface area contributed by atoms with E-state index >= 15 is 0 Å². The second kappa shape index (κ2) is 9.56.